The highest BCUT2D eigenvalue weighted by Gasteiger charge is 2.48. The summed E-state index contributed by atoms with van der Waals surface area (Å²) in [5.41, 5.74) is 4.56. The molecule has 2 fully saturated rings. The third-order valence-electron chi connectivity index (χ3n) is 7.35. The summed E-state index contributed by atoms with van der Waals surface area (Å²) in [6, 6.07) is 10.1. The number of hydroxylamine groups is 1. The number of halogens is 1. The van der Waals surface area contributed by atoms with Gasteiger partial charge in [0, 0.05) is 11.5 Å². The zero-order valence-corrected chi connectivity index (χ0v) is 22.1. The maximum atomic E-state index is 13.5. The molecule has 1 aliphatic heterocycles. The minimum atomic E-state index is -0.720. The SMILES string of the molecule is COc1nnc(Cl)cc1C(C)C1C=C(NC(=O)C(NC(=O)OCc2ccccc2)C(C2CC2)C2CC2)ON1. The molecule has 0 saturated heterocycles. The Bertz CT molecular complexity index is 1180. The van der Waals surface area contributed by atoms with Gasteiger partial charge in [-0.2, -0.15) is 0 Å². The van der Waals surface area contributed by atoms with Gasteiger partial charge in [-0.05, 0) is 61.1 Å². The quantitative estimate of drug-likeness (QED) is 0.392. The van der Waals surface area contributed by atoms with Crippen LogP contribution in [0.5, 0.6) is 5.88 Å². The summed E-state index contributed by atoms with van der Waals surface area (Å²) < 4.78 is 10.8. The van der Waals surface area contributed by atoms with Crippen molar-refractivity contribution in [3.63, 3.8) is 0 Å². The normalized spacial score (nSPS) is 20.2. The molecule has 202 valence electrons. The number of nitrogens with one attached hydrogen (secondary N) is 3. The average Bonchev–Trinajstić information content (AvgIpc) is 3.87. The minimum absolute atomic E-state index is 0.0678. The molecule has 0 spiro atoms. The Labute approximate surface area is 226 Å². The highest BCUT2D eigenvalue weighted by atomic mass is 35.5. The number of amides is 2. The molecule has 0 radical (unpaired) electrons. The summed E-state index contributed by atoms with van der Waals surface area (Å²) in [6.07, 6.45) is 5.43. The number of rotatable bonds is 11. The van der Waals surface area contributed by atoms with Crippen molar-refractivity contribution in [2.45, 2.75) is 57.2 Å². The van der Waals surface area contributed by atoms with Crippen molar-refractivity contribution in [1.29, 1.82) is 0 Å². The van der Waals surface area contributed by atoms with Crippen LogP contribution in [0.25, 0.3) is 0 Å². The highest BCUT2D eigenvalue weighted by molar-refractivity contribution is 6.29. The van der Waals surface area contributed by atoms with Crippen LogP contribution in [0.1, 0.15) is 49.7 Å². The molecule has 2 saturated carbocycles. The van der Waals surface area contributed by atoms with Gasteiger partial charge in [0.15, 0.2) is 5.15 Å². The molecule has 38 heavy (non-hydrogen) atoms. The van der Waals surface area contributed by atoms with E-state index in [1.165, 1.54) is 7.11 Å². The van der Waals surface area contributed by atoms with Crippen LogP contribution >= 0.6 is 11.6 Å². The van der Waals surface area contributed by atoms with Crippen molar-refractivity contribution in [2.75, 3.05) is 7.11 Å². The van der Waals surface area contributed by atoms with Gasteiger partial charge in [0.1, 0.15) is 12.6 Å². The summed E-state index contributed by atoms with van der Waals surface area (Å²) in [4.78, 5) is 31.9. The molecule has 0 bridgehead atoms. The van der Waals surface area contributed by atoms with Crippen LogP contribution < -0.4 is 20.9 Å². The van der Waals surface area contributed by atoms with E-state index in [1.807, 2.05) is 37.3 Å². The zero-order valence-electron chi connectivity index (χ0n) is 21.4. The molecule has 10 nitrogen and oxygen atoms in total. The first-order valence-electron chi connectivity index (χ1n) is 12.9. The van der Waals surface area contributed by atoms with Crippen LogP contribution in [-0.4, -0.2) is 41.4 Å². The van der Waals surface area contributed by atoms with Crippen LogP contribution in [0.15, 0.2) is 48.4 Å². The van der Waals surface area contributed by atoms with Crippen LogP contribution in [0.2, 0.25) is 5.15 Å². The second-order valence-corrected chi connectivity index (χ2v) is 10.5. The number of methoxy groups -OCH3 is 1. The first-order chi connectivity index (χ1) is 18.4. The van der Waals surface area contributed by atoms with E-state index in [1.54, 1.807) is 12.1 Å². The van der Waals surface area contributed by atoms with Crippen molar-refractivity contribution in [1.82, 2.24) is 26.3 Å². The van der Waals surface area contributed by atoms with Gasteiger partial charge in [0.2, 0.25) is 17.7 Å². The summed E-state index contributed by atoms with van der Waals surface area (Å²) in [5.74, 6) is 1.08. The predicted molar refractivity (Wildman–Crippen MR) is 139 cm³/mol. The maximum Gasteiger partial charge on any atom is 0.408 e. The van der Waals surface area contributed by atoms with Gasteiger partial charge in [-0.3, -0.25) is 10.1 Å². The van der Waals surface area contributed by atoms with E-state index in [9.17, 15) is 9.59 Å². The topological polar surface area (TPSA) is 124 Å². The Morgan fingerprint density at radius 1 is 1.16 bits per heavy atom. The van der Waals surface area contributed by atoms with E-state index >= 15 is 0 Å². The molecule has 3 unspecified atom stereocenters. The van der Waals surface area contributed by atoms with Crippen molar-refractivity contribution in [3.8, 4) is 5.88 Å². The summed E-state index contributed by atoms with van der Waals surface area (Å²) in [6.45, 7) is 2.09. The van der Waals surface area contributed by atoms with Crippen LogP contribution in [0.3, 0.4) is 0 Å². The average molecular weight is 542 g/mol. The van der Waals surface area contributed by atoms with E-state index < -0.39 is 12.1 Å². The number of hydrogen-bond acceptors (Lipinski definition) is 8. The predicted octanol–water partition coefficient (Wildman–Crippen LogP) is 3.83. The highest BCUT2D eigenvalue weighted by Crippen LogP contribution is 2.50. The van der Waals surface area contributed by atoms with Gasteiger partial charge in [-0.1, -0.05) is 48.9 Å². The van der Waals surface area contributed by atoms with Gasteiger partial charge in [0.25, 0.3) is 0 Å². The number of carbonyl (C=O) groups excluding carboxylic acids is 2. The standard InChI is InChI=1S/C27H32ClN5O5/c1-15(19-12-21(28)31-32-26(19)36-2)20-13-22(38-33-20)29-25(34)24(23(17-8-9-17)18-10-11-18)30-27(35)37-14-16-6-4-3-5-7-16/h3-7,12-13,15,17-18,20,23-24,33H,8-11,14H2,1-2H3,(H,29,34)(H,30,35). The van der Waals surface area contributed by atoms with Gasteiger partial charge in [0.05, 0.1) is 13.2 Å². The van der Waals surface area contributed by atoms with Crippen LogP contribution in [0.4, 0.5) is 4.79 Å². The van der Waals surface area contributed by atoms with Gasteiger partial charge in [-0.15, -0.1) is 15.7 Å². The molecule has 2 aliphatic carbocycles. The van der Waals surface area contributed by atoms with Gasteiger partial charge >= 0.3 is 6.09 Å². The zero-order chi connectivity index (χ0) is 26.6. The third kappa shape index (κ3) is 6.36. The number of alkyl carbamates (subject to hydrolysis) is 1. The molecule has 2 amide bonds. The molecule has 2 aromatic rings. The minimum Gasteiger partial charge on any atom is -0.480 e. The second-order valence-electron chi connectivity index (χ2n) is 10.1. The van der Waals surface area contributed by atoms with Crippen molar-refractivity contribution < 1.29 is 23.9 Å². The lowest BCUT2D eigenvalue weighted by Gasteiger charge is -2.27. The number of hydrogen-bond donors (Lipinski definition) is 3. The molecular weight excluding hydrogens is 510 g/mol. The molecule has 1 aromatic heterocycles. The first kappa shape index (κ1) is 26.2. The van der Waals surface area contributed by atoms with E-state index in [4.69, 9.17) is 25.9 Å². The summed E-state index contributed by atoms with van der Waals surface area (Å²) in [5, 5.41) is 13.8. The summed E-state index contributed by atoms with van der Waals surface area (Å²) in [7, 11) is 1.52. The smallest absolute Gasteiger partial charge is 0.408 e. The Balaban J connectivity index is 1.26. The van der Waals surface area contributed by atoms with Crippen molar-refractivity contribution in [3.05, 3.63) is 64.6 Å². The molecule has 1 aromatic carbocycles. The number of nitrogens with zero attached hydrogens (tertiary/aromatic N) is 2. The van der Waals surface area contributed by atoms with Crippen molar-refractivity contribution in [2.24, 2.45) is 17.8 Å². The molecule has 11 heteroatoms. The maximum absolute atomic E-state index is 13.5. The number of aromatic nitrogens is 2. The number of carbonyl (C=O) groups is 2. The molecular formula is C27H32ClN5O5. The van der Waals surface area contributed by atoms with E-state index in [-0.39, 0.29) is 41.4 Å². The monoisotopic (exact) mass is 541 g/mol. The fourth-order valence-corrected chi connectivity index (χ4v) is 5.20. The molecule has 3 aliphatic rings. The summed E-state index contributed by atoms with van der Waals surface area (Å²) >= 11 is 6.05. The Hall–Kier alpha value is -3.37. The third-order valence-corrected chi connectivity index (χ3v) is 7.53. The van der Waals surface area contributed by atoms with E-state index in [0.717, 1.165) is 36.8 Å². The Morgan fingerprint density at radius 3 is 2.53 bits per heavy atom. The second kappa shape index (κ2) is 11.6. The fourth-order valence-electron chi connectivity index (χ4n) is 5.04. The largest absolute Gasteiger partial charge is 0.480 e. The molecule has 3 N–H and O–H groups in total. The first-order valence-corrected chi connectivity index (χ1v) is 13.3. The Morgan fingerprint density at radius 2 is 1.87 bits per heavy atom. The lowest BCUT2D eigenvalue weighted by molar-refractivity contribution is -0.125. The van der Waals surface area contributed by atoms with Gasteiger partial charge in [-0.25, -0.2) is 4.79 Å². The van der Waals surface area contributed by atoms with E-state index in [2.05, 4.69) is 26.3 Å². The molecule has 3 atom stereocenters. The lowest BCUT2D eigenvalue weighted by Crippen LogP contribution is -2.52. The number of ether oxygens (including phenoxy) is 2. The van der Waals surface area contributed by atoms with Crippen molar-refractivity contribution >= 4 is 23.6 Å². The number of benzene rings is 1. The fraction of sp³-hybridized carbons (Fsp3) is 0.481. The lowest BCUT2D eigenvalue weighted by atomic mass is 9.89. The molecule has 2 heterocycles. The molecule has 5 rings (SSSR count). The van der Waals surface area contributed by atoms with Crippen LogP contribution in [0, 0.1) is 17.8 Å². The Kier molecular flexibility index (Phi) is 7.99. The van der Waals surface area contributed by atoms with Gasteiger partial charge < -0.3 is 19.6 Å². The van der Waals surface area contributed by atoms with E-state index in [0.29, 0.717) is 17.7 Å². The van der Waals surface area contributed by atoms with Crippen LogP contribution in [-0.2, 0) is 21.0 Å².